The Balaban J connectivity index is 4.09. The number of nitrogens with two attached hydrogens (primary N) is 4. The van der Waals surface area contributed by atoms with Crippen LogP contribution in [0.2, 0.25) is 0 Å². The topological polar surface area (TPSA) is 111 Å². The maximum atomic E-state index is 6.18. The fourth-order valence-corrected chi connectivity index (χ4v) is 2.35. The van der Waals surface area contributed by atoms with Crippen LogP contribution in [0, 0.1) is 0 Å². The Kier molecular flexibility index (Phi) is 13.6. The van der Waals surface area contributed by atoms with Crippen LogP contribution in [-0.2, 0) is 0 Å². The Hall–Kier alpha value is -0.240. The van der Waals surface area contributed by atoms with Crippen LogP contribution in [-0.4, -0.2) is 74.7 Å². The van der Waals surface area contributed by atoms with Gasteiger partial charge in [0.2, 0.25) is 0 Å². The molecule has 0 aromatic rings. The zero-order chi connectivity index (χ0) is 15.2. The smallest absolute Gasteiger partial charge is 0.0167 e. The summed E-state index contributed by atoms with van der Waals surface area (Å²) in [4.78, 5) is 4.67. The van der Waals surface area contributed by atoms with Crippen molar-refractivity contribution in [2.24, 2.45) is 22.9 Å². The molecule has 1 unspecified atom stereocenters. The second kappa shape index (κ2) is 13.7. The van der Waals surface area contributed by atoms with E-state index in [4.69, 9.17) is 22.9 Å². The number of hydrogen-bond acceptors (Lipinski definition) is 6. The van der Waals surface area contributed by atoms with Crippen molar-refractivity contribution in [3.05, 3.63) is 0 Å². The van der Waals surface area contributed by atoms with Gasteiger partial charge in [0.05, 0.1) is 0 Å². The minimum Gasteiger partial charge on any atom is -0.329 e. The van der Waals surface area contributed by atoms with Gasteiger partial charge >= 0.3 is 0 Å². The van der Waals surface area contributed by atoms with Crippen molar-refractivity contribution in [2.45, 2.75) is 32.2 Å². The Morgan fingerprint density at radius 1 is 0.800 bits per heavy atom. The van der Waals surface area contributed by atoms with E-state index in [9.17, 15) is 0 Å². The summed E-state index contributed by atoms with van der Waals surface area (Å²) in [6.07, 6.45) is 3.49. The first kappa shape index (κ1) is 19.8. The molecule has 0 amide bonds. The highest BCUT2D eigenvalue weighted by Crippen LogP contribution is 2.01. The summed E-state index contributed by atoms with van der Waals surface area (Å²) in [6.45, 7) is 9.81. The first-order chi connectivity index (χ1) is 9.67. The first-order valence-electron chi connectivity index (χ1n) is 7.98. The third kappa shape index (κ3) is 10.5. The lowest BCUT2D eigenvalue weighted by Crippen LogP contribution is -2.45. The molecule has 0 spiro atoms. The van der Waals surface area contributed by atoms with Gasteiger partial charge < -0.3 is 22.9 Å². The van der Waals surface area contributed by atoms with Gasteiger partial charge in [-0.2, -0.15) is 0 Å². The van der Waals surface area contributed by atoms with E-state index >= 15 is 0 Å². The lowest BCUT2D eigenvalue weighted by Gasteiger charge is -2.28. The second-order valence-corrected chi connectivity index (χ2v) is 5.41. The Morgan fingerprint density at radius 3 is 1.80 bits per heavy atom. The van der Waals surface area contributed by atoms with Crippen LogP contribution in [0.1, 0.15) is 26.2 Å². The van der Waals surface area contributed by atoms with E-state index in [2.05, 4.69) is 16.7 Å². The van der Waals surface area contributed by atoms with Crippen LogP contribution in [0.15, 0.2) is 0 Å². The lowest BCUT2D eigenvalue weighted by molar-refractivity contribution is 0.202. The van der Waals surface area contributed by atoms with Gasteiger partial charge in [-0.15, -0.1) is 0 Å². The molecule has 0 rings (SSSR count). The summed E-state index contributed by atoms with van der Waals surface area (Å²) in [5.74, 6) is 0. The summed E-state index contributed by atoms with van der Waals surface area (Å²) in [5.41, 5.74) is 23.1. The number of nitrogens with zero attached hydrogens (tertiary/aromatic N) is 2. The van der Waals surface area contributed by atoms with E-state index in [0.717, 1.165) is 45.7 Å². The average Bonchev–Trinajstić information content (AvgIpc) is 2.43. The van der Waals surface area contributed by atoms with Crippen LogP contribution in [0.5, 0.6) is 0 Å². The molecule has 6 heteroatoms. The SMILES string of the molecule is CCCCC(N)CN(CCN)CCN(CCN)CCN. The third-order valence-corrected chi connectivity index (χ3v) is 3.49. The summed E-state index contributed by atoms with van der Waals surface area (Å²) >= 11 is 0. The van der Waals surface area contributed by atoms with Crippen molar-refractivity contribution >= 4 is 0 Å². The highest BCUT2D eigenvalue weighted by Gasteiger charge is 2.11. The molecule has 1 atom stereocenters. The minimum atomic E-state index is 0.249. The minimum absolute atomic E-state index is 0.249. The third-order valence-electron chi connectivity index (χ3n) is 3.49. The molecule has 0 bridgehead atoms. The molecule has 8 N–H and O–H groups in total. The fourth-order valence-electron chi connectivity index (χ4n) is 2.35. The van der Waals surface area contributed by atoms with E-state index in [1.165, 1.54) is 12.8 Å². The molecule has 0 fully saturated rings. The summed E-state index contributed by atoms with van der Waals surface area (Å²) in [7, 11) is 0. The zero-order valence-electron chi connectivity index (χ0n) is 13.3. The summed E-state index contributed by atoms with van der Waals surface area (Å²) in [6, 6.07) is 0.249. The first-order valence-corrected chi connectivity index (χ1v) is 7.98. The molecule has 20 heavy (non-hydrogen) atoms. The quantitative estimate of drug-likeness (QED) is 0.326. The largest absolute Gasteiger partial charge is 0.329 e. The van der Waals surface area contributed by atoms with E-state index in [0.29, 0.717) is 19.6 Å². The Labute approximate surface area is 124 Å². The molecule has 6 nitrogen and oxygen atoms in total. The Morgan fingerprint density at radius 2 is 1.30 bits per heavy atom. The van der Waals surface area contributed by atoms with Gasteiger partial charge in [0.1, 0.15) is 0 Å². The maximum Gasteiger partial charge on any atom is 0.0167 e. The van der Waals surface area contributed by atoms with Gasteiger partial charge in [-0.1, -0.05) is 19.8 Å². The van der Waals surface area contributed by atoms with Gasteiger partial charge in [0, 0.05) is 64.9 Å². The van der Waals surface area contributed by atoms with Crippen molar-refractivity contribution in [2.75, 3.05) is 58.9 Å². The number of unbranched alkanes of at least 4 members (excludes halogenated alkanes) is 1. The molecule has 0 aliphatic rings. The van der Waals surface area contributed by atoms with Crippen LogP contribution in [0.3, 0.4) is 0 Å². The van der Waals surface area contributed by atoms with Gasteiger partial charge in [-0.25, -0.2) is 0 Å². The zero-order valence-corrected chi connectivity index (χ0v) is 13.3. The van der Waals surface area contributed by atoms with Gasteiger partial charge in [0.15, 0.2) is 0 Å². The second-order valence-electron chi connectivity index (χ2n) is 5.41. The number of rotatable bonds is 14. The van der Waals surface area contributed by atoms with E-state index < -0.39 is 0 Å². The van der Waals surface area contributed by atoms with E-state index in [-0.39, 0.29) is 6.04 Å². The van der Waals surface area contributed by atoms with Gasteiger partial charge in [0.25, 0.3) is 0 Å². The van der Waals surface area contributed by atoms with Gasteiger partial charge in [-0.3, -0.25) is 9.80 Å². The standard InChI is InChI=1S/C14H36N6/c1-2-3-4-14(18)13-20(10-7-17)12-11-19(8-5-15)9-6-16/h14H,2-13,15-18H2,1H3. The molecular formula is C14H36N6. The van der Waals surface area contributed by atoms with Crippen molar-refractivity contribution < 1.29 is 0 Å². The van der Waals surface area contributed by atoms with E-state index in [1.54, 1.807) is 0 Å². The molecule has 0 aromatic heterocycles. The molecule has 0 saturated heterocycles. The Bertz CT molecular complexity index is 196. The molecule has 122 valence electrons. The van der Waals surface area contributed by atoms with Crippen molar-refractivity contribution in [3.8, 4) is 0 Å². The molecule has 0 heterocycles. The fraction of sp³-hybridized carbons (Fsp3) is 1.00. The molecule has 0 saturated carbocycles. The normalized spacial score (nSPS) is 13.3. The number of hydrogen-bond donors (Lipinski definition) is 4. The predicted molar refractivity (Wildman–Crippen MR) is 87.5 cm³/mol. The molecular weight excluding hydrogens is 252 g/mol. The maximum absolute atomic E-state index is 6.18. The van der Waals surface area contributed by atoms with Crippen molar-refractivity contribution in [1.29, 1.82) is 0 Å². The summed E-state index contributed by atoms with van der Waals surface area (Å²) < 4.78 is 0. The lowest BCUT2D eigenvalue weighted by atomic mass is 10.1. The van der Waals surface area contributed by atoms with E-state index in [1.807, 2.05) is 0 Å². The van der Waals surface area contributed by atoms with Crippen molar-refractivity contribution in [1.82, 2.24) is 9.80 Å². The predicted octanol–water partition coefficient (Wildman–Crippen LogP) is -1.02. The highest BCUT2D eigenvalue weighted by atomic mass is 15.2. The molecule has 0 radical (unpaired) electrons. The molecule has 0 aliphatic heterocycles. The monoisotopic (exact) mass is 288 g/mol. The summed E-state index contributed by atoms with van der Waals surface area (Å²) in [5, 5.41) is 0. The average molecular weight is 288 g/mol. The van der Waals surface area contributed by atoms with Crippen molar-refractivity contribution in [3.63, 3.8) is 0 Å². The van der Waals surface area contributed by atoms with Gasteiger partial charge in [-0.05, 0) is 6.42 Å². The van der Waals surface area contributed by atoms with Crippen LogP contribution in [0.4, 0.5) is 0 Å². The molecule has 0 aromatic carbocycles. The van der Waals surface area contributed by atoms with Crippen LogP contribution >= 0.6 is 0 Å². The highest BCUT2D eigenvalue weighted by molar-refractivity contribution is 4.71. The van der Waals surface area contributed by atoms with Crippen LogP contribution in [0.25, 0.3) is 0 Å². The molecule has 0 aliphatic carbocycles. The van der Waals surface area contributed by atoms with Crippen LogP contribution < -0.4 is 22.9 Å².